The number of phosphoric acid groups is 1. The van der Waals surface area contributed by atoms with Crippen LogP contribution in [0, 0.1) is 0 Å². The number of hydrogen-bond acceptors (Lipinski definition) is 7. The molecule has 0 bridgehead atoms. The summed E-state index contributed by atoms with van der Waals surface area (Å²) in [6.07, 6.45) is 6.44. The molecule has 5 N–H and O–H groups in total. The third-order valence-electron chi connectivity index (χ3n) is 6.89. The number of unbranched alkanes of at least 4 members (excludes halogenated alkanes) is 9. The summed E-state index contributed by atoms with van der Waals surface area (Å²) >= 11 is 0. The summed E-state index contributed by atoms with van der Waals surface area (Å²) in [7, 11) is -4.93. The molecular weight excluding hydrogens is 503 g/mol. The molecular formula is C26H53O10P. The van der Waals surface area contributed by atoms with Gasteiger partial charge in [-0.3, -0.25) is 4.52 Å². The lowest BCUT2D eigenvalue weighted by Gasteiger charge is -2.50. The quantitative estimate of drug-likeness (QED) is 0.0767. The number of aliphatic hydroxyl groups is 2. The minimum Gasteiger partial charge on any atom is -0.479 e. The highest BCUT2D eigenvalue weighted by molar-refractivity contribution is 7.46. The molecule has 0 radical (unpaired) electrons. The van der Waals surface area contributed by atoms with Crippen molar-refractivity contribution in [3.8, 4) is 0 Å². The SMILES string of the molecule is CCCCCCOC(CCCCCC)(C(O)C(O)COP(=O)(O)O)[C@@](CC)(OCCCCCC)C(=O)O. The molecule has 0 saturated carbocycles. The average molecular weight is 557 g/mol. The third-order valence-corrected chi connectivity index (χ3v) is 7.37. The summed E-state index contributed by atoms with van der Waals surface area (Å²) in [6.45, 7) is 7.22. The summed E-state index contributed by atoms with van der Waals surface area (Å²) < 4.78 is 28.1. The fourth-order valence-corrected chi connectivity index (χ4v) is 5.08. The van der Waals surface area contributed by atoms with E-state index in [-0.39, 0.29) is 26.1 Å². The van der Waals surface area contributed by atoms with E-state index in [0.717, 1.165) is 57.8 Å². The van der Waals surface area contributed by atoms with Crippen molar-refractivity contribution in [1.29, 1.82) is 0 Å². The van der Waals surface area contributed by atoms with E-state index >= 15 is 0 Å². The fraction of sp³-hybridized carbons (Fsp3) is 0.962. The Labute approximate surface area is 223 Å². The largest absolute Gasteiger partial charge is 0.479 e. The van der Waals surface area contributed by atoms with Crippen LogP contribution in [0.3, 0.4) is 0 Å². The first kappa shape index (κ1) is 36.4. The molecule has 0 heterocycles. The van der Waals surface area contributed by atoms with Gasteiger partial charge in [0.15, 0.2) is 5.60 Å². The Balaban J connectivity index is 6.41. The Morgan fingerprint density at radius 1 is 0.784 bits per heavy atom. The Bertz CT molecular complexity index is 643. The summed E-state index contributed by atoms with van der Waals surface area (Å²) in [5, 5.41) is 32.8. The van der Waals surface area contributed by atoms with Crippen molar-refractivity contribution in [1.82, 2.24) is 0 Å². The molecule has 0 aromatic heterocycles. The van der Waals surface area contributed by atoms with Crippen LogP contribution in [0.1, 0.15) is 118 Å². The van der Waals surface area contributed by atoms with E-state index in [9.17, 15) is 24.7 Å². The molecule has 222 valence electrons. The zero-order chi connectivity index (χ0) is 28.4. The zero-order valence-electron chi connectivity index (χ0n) is 23.4. The number of aliphatic carboxylic acids is 1. The predicted molar refractivity (Wildman–Crippen MR) is 142 cm³/mol. The van der Waals surface area contributed by atoms with Crippen molar-refractivity contribution in [3.05, 3.63) is 0 Å². The van der Waals surface area contributed by atoms with Crippen LogP contribution in [0.5, 0.6) is 0 Å². The Hall–Kier alpha value is -0.580. The lowest BCUT2D eigenvalue weighted by Crippen LogP contribution is -2.70. The van der Waals surface area contributed by atoms with Crippen LogP contribution in [-0.4, -0.2) is 74.3 Å². The predicted octanol–water partition coefficient (Wildman–Crippen LogP) is 4.95. The van der Waals surface area contributed by atoms with E-state index in [4.69, 9.17) is 19.3 Å². The van der Waals surface area contributed by atoms with E-state index in [1.807, 2.05) is 6.92 Å². The van der Waals surface area contributed by atoms with Gasteiger partial charge in [0.05, 0.1) is 6.61 Å². The Kier molecular flexibility index (Phi) is 19.2. The van der Waals surface area contributed by atoms with Crippen LogP contribution in [0.15, 0.2) is 0 Å². The summed E-state index contributed by atoms with van der Waals surface area (Å²) in [4.78, 5) is 31.1. The van der Waals surface area contributed by atoms with Crippen LogP contribution in [0.25, 0.3) is 0 Å². The maximum Gasteiger partial charge on any atom is 0.469 e. The molecule has 3 unspecified atom stereocenters. The van der Waals surface area contributed by atoms with E-state index in [0.29, 0.717) is 19.3 Å². The van der Waals surface area contributed by atoms with Crippen molar-refractivity contribution in [2.45, 2.75) is 141 Å². The maximum absolute atomic E-state index is 12.9. The van der Waals surface area contributed by atoms with Gasteiger partial charge in [-0.15, -0.1) is 0 Å². The smallest absolute Gasteiger partial charge is 0.469 e. The molecule has 0 rings (SSSR count). The van der Waals surface area contributed by atoms with Crippen LogP contribution in [-0.2, 0) is 23.4 Å². The van der Waals surface area contributed by atoms with E-state index in [1.165, 1.54) is 0 Å². The number of ether oxygens (including phenoxy) is 2. The average Bonchev–Trinajstić information content (AvgIpc) is 2.85. The van der Waals surface area contributed by atoms with Gasteiger partial charge in [-0.25, -0.2) is 9.36 Å². The highest BCUT2D eigenvalue weighted by Gasteiger charge is 2.63. The number of phosphoric ester groups is 1. The molecule has 0 amide bonds. The van der Waals surface area contributed by atoms with Gasteiger partial charge in [0.25, 0.3) is 0 Å². The molecule has 4 atom stereocenters. The van der Waals surface area contributed by atoms with Crippen LogP contribution in [0.2, 0.25) is 0 Å². The lowest BCUT2D eigenvalue weighted by atomic mass is 9.71. The second kappa shape index (κ2) is 19.5. The number of carboxylic acid groups (broad SMARTS) is 1. The van der Waals surface area contributed by atoms with Crippen LogP contribution in [0.4, 0.5) is 0 Å². The molecule has 0 aromatic rings. The molecule has 11 heteroatoms. The molecule has 37 heavy (non-hydrogen) atoms. The van der Waals surface area contributed by atoms with E-state index in [2.05, 4.69) is 18.4 Å². The van der Waals surface area contributed by atoms with E-state index in [1.54, 1.807) is 6.92 Å². The highest BCUT2D eigenvalue weighted by Crippen LogP contribution is 2.43. The monoisotopic (exact) mass is 556 g/mol. The molecule has 0 spiro atoms. The minimum atomic E-state index is -4.93. The summed E-state index contributed by atoms with van der Waals surface area (Å²) in [5.74, 6) is -1.31. The second-order valence-corrected chi connectivity index (χ2v) is 11.0. The van der Waals surface area contributed by atoms with Crippen molar-refractivity contribution >= 4 is 13.8 Å². The van der Waals surface area contributed by atoms with Crippen molar-refractivity contribution in [2.75, 3.05) is 19.8 Å². The number of aliphatic hydroxyl groups excluding tert-OH is 2. The van der Waals surface area contributed by atoms with Gasteiger partial charge >= 0.3 is 13.8 Å². The molecule has 0 aliphatic carbocycles. The lowest BCUT2D eigenvalue weighted by molar-refractivity contribution is -0.269. The summed E-state index contributed by atoms with van der Waals surface area (Å²) in [5.41, 5.74) is -3.85. The standard InChI is InChI=1S/C26H53O10P/c1-5-9-12-15-18-26(35-20-17-14-11-7-3,23(28)22(27)21-36-37(31,32)33)25(8-4,24(29)30)34-19-16-13-10-6-2/h22-23,27-28H,5-21H2,1-4H3,(H,29,30)(H2,31,32,33)/t22?,23?,25-,26?/m0/s1. The van der Waals surface area contributed by atoms with Crippen molar-refractivity contribution < 1.29 is 48.5 Å². The third kappa shape index (κ3) is 12.4. The minimum absolute atomic E-state index is 0.0397. The normalized spacial score (nSPS) is 17.2. The number of carbonyl (C=O) groups is 1. The zero-order valence-corrected chi connectivity index (χ0v) is 24.3. The Morgan fingerprint density at radius 3 is 1.70 bits per heavy atom. The highest BCUT2D eigenvalue weighted by atomic mass is 31.2. The first-order chi connectivity index (χ1) is 17.5. The van der Waals surface area contributed by atoms with Gasteiger partial charge in [-0.1, -0.05) is 91.9 Å². The van der Waals surface area contributed by atoms with Gasteiger partial charge in [0, 0.05) is 13.2 Å². The second-order valence-electron chi connectivity index (χ2n) is 9.80. The Morgan fingerprint density at radius 2 is 1.27 bits per heavy atom. The van der Waals surface area contributed by atoms with Gasteiger partial charge < -0.3 is 34.6 Å². The molecule has 0 aliphatic rings. The van der Waals surface area contributed by atoms with Gasteiger partial charge in [-0.2, -0.15) is 0 Å². The van der Waals surface area contributed by atoms with Crippen molar-refractivity contribution in [2.24, 2.45) is 0 Å². The van der Waals surface area contributed by atoms with Crippen LogP contribution < -0.4 is 0 Å². The molecule has 0 aromatic carbocycles. The number of carboxylic acids is 1. The topological polar surface area (TPSA) is 163 Å². The van der Waals surface area contributed by atoms with Crippen molar-refractivity contribution in [3.63, 3.8) is 0 Å². The van der Waals surface area contributed by atoms with Gasteiger partial charge in [0.1, 0.15) is 17.8 Å². The fourth-order valence-electron chi connectivity index (χ4n) is 4.73. The summed E-state index contributed by atoms with van der Waals surface area (Å²) in [6, 6.07) is 0. The van der Waals surface area contributed by atoms with E-state index < -0.39 is 43.8 Å². The first-order valence-corrected chi connectivity index (χ1v) is 15.6. The molecule has 0 aliphatic heterocycles. The first-order valence-electron chi connectivity index (χ1n) is 14.0. The maximum atomic E-state index is 12.9. The molecule has 10 nitrogen and oxygen atoms in total. The van der Waals surface area contributed by atoms with Gasteiger partial charge in [-0.05, 0) is 25.7 Å². The molecule has 0 saturated heterocycles. The number of hydrogen-bond donors (Lipinski definition) is 5. The number of rotatable bonds is 25. The van der Waals surface area contributed by atoms with Crippen LogP contribution >= 0.6 is 7.82 Å². The van der Waals surface area contributed by atoms with Gasteiger partial charge in [0.2, 0.25) is 0 Å². The molecule has 0 fully saturated rings.